The monoisotopic (exact) mass is 485 g/mol. The third kappa shape index (κ3) is 4.13. The van der Waals surface area contributed by atoms with Crippen LogP contribution in [0.3, 0.4) is 0 Å². The van der Waals surface area contributed by atoms with Crippen molar-refractivity contribution in [1.29, 1.82) is 0 Å². The Bertz CT molecular complexity index is 1340. The third-order valence-electron chi connectivity index (χ3n) is 5.54. The summed E-state index contributed by atoms with van der Waals surface area (Å²) >= 11 is 6.61. The van der Waals surface area contributed by atoms with Crippen molar-refractivity contribution in [3.05, 3.63) is 101 Å². The van der Waals surface area contributed by atoms with E-state index < -0.39 is 0 Å². The van der Waals surface area contributed by atoms with E-state index in [9.17, 15) is 14.4 Å². The average molecular weight is 486 g/mol. The van der Waals surface area contributed by atoms with Gasteiger partial charge in [-0.2, -0.15) is 0 Å². The molecule has 1 N–H and O–H groups in total. The van der Waals surface area contributed by atoms with E-state index in [0.29, 0.717) is 32.7 Å². The van der Waals surface area contributed by atoms with Gasteiger partial charge in [0.2, 0.25) is 5.91 Å². The van der Waals surface area contributed by atoms with E-state index in [1.54, 1.807) is 30.3 Å². The zero-order valence-electron chi connectivity index (χ0n) is 17.9. The van der Waals surface area contributed by atoms with Gasteiger partial charge >= 0.3 is 0 Å². The van der Waals surface area contributed by atoms with E-state index in [1.807, 2.05) is 54.6 Å². The van der Waals surface area contributed by atoms with Crippen molar-refractivity contribution in [1.82, 2.24) is 4.90 Å². The van der Waals surface area contributed by atoms with Crippen LogP contribution >= 0.6 is 24.0 Å². The van der Waals surface area contributed by atoms with Crippen molar-refractivity contribution < 1.29 is 14.4 Å². The summed E-state index contributed by atoms with van der Waals surface area (Å²) in [5.74, 6) is -1.01. The number of carbonyl (C=O) groups excluding carboxylic acids is 3. The van der Waals surface area contributed by atoms with Crippen LogP contribution in [0, 0.1) is 0 Å². The topological polar surface area (TPSA) is 69.7 Å². The van der Waals surface area contributed by atoms with Crippen LogP contribution in [-0.4, -0.2) is 33.5 Å². The molecule has 0 aromatic heterocycles. The smallest absolute Gasteiger partial charge is 0.267 e. The molecule has 3 aromatic carbocycles. The number of thioether (sulfide) groups is 1. The van der Waals surface area contributed by atoms with Crippen LogP contribution in [0.25, 0.3) is 5.57 Å². The number of hydrogen-bond donors (Lipinski definition) is 1. The number of para-hydroxylation sites is 2. The molecular weight excluding hydrogens is 466 g/mol. The zero-order chi connectivity index (χ0) is 23.7. The van der Waals surface area contributed by atoms with Crippen molar-refractivity contribution in [2.45, 2.75) is 6.54 Å². The lowest BCUT2D eigenvalue weighted by atomic mass is 10.1. The van der Waals surface area contributed by atoms with E-state index >= 15 is 0 Å². The number of benzene rings is 3. The summed E-state index contributed by atoms with van der Waals surface area (Å²) in [4.78, 5) is 42.8. The molecule has 0 radical (unpaired) electrons. The summed E-state index contributed by atoms with van der Waals surface area (Å²) in [6.45, 7) is 0.167. The first kappa shape index (κ1) is 22.1. The van der Waals surface area contributed by atoms with Gasteiger partial charge in [0.1, 0.15) is 10.9 Å². The highest BCUT2D eigenvalue weighted by Crippen LogP contribution is 2.44. The molecule has 0 unspecified atom stereocenters. The van der Waals surface area contributed by atoms with Crippen molar-refractivity contribution in [3.63, 3.8) is 0 Å². The maximum absolute atomic E-state index is 13.5. The van der Waals surface area contributed by atoms with Crippen molar-refractivity contribution >= 4 is 63.0 Å². The average Bonchev–Trinajstić information content (AvgIpc) is 3.28. The molecule has 6 nitrogen and oxygen atoms in total. The standard InChI is InChI=1S/C26H19N3O3S2/c30-21(27-18-11-5-2-6-12-18)16-28-20-14-8-7-13-19(20)22(24(28)31)23-25(32)29(26(33)34-23)15-17-9-3-1-4-10-17/h1-14H,15-16H2,(H,27,30). The Morgan fingerprint density at radius 1 is 0.824 bits per heavy atom. The van der Waals surface area contributed by atoms with Gasteiger partial charge in [0.15, 0.2) is 0 Å². The van der Waals surface area contributed by atoms with E-state index in [4.69, 9.17) is 12.2 Å². The lowest BCUT2D eigenvalue weighted by molar-refractivity contribution is -0.122. The number of hydrogen-bond acceptors (Lipinski definition) is 5. The molecule has 0 bridgehead atoms. The Kier molecular flexibility index (Phi) is 6.00. The fourth-order valence-corrected chi connectivity index (χ4v) is 5.30. The number of carbonyl (C=O) groups is 3. The maximum atomic E-state index is 13.5. The van der Waals surface area contributed by atoms with Gasteiger partial charge in [0.25, 0.3) is 11.8 Å². The van der Waals surface area contributed by atoms with Crippen LogP contribution < -0.4 is 10.2 Å². The van der Waals surface area contributed by atoms with Crippen LogP contribution in [0.1, 0.15) is 11.1 Å². The van der Waals surface area contributed by atoms with Gasteiger partial charge in [0, 0.05) is 11.3 Å². The Hall–Kier alpha value is -3.75. The van der Waals surface area contributed by atoms with Gasteiger partial charge in [-0.05, 0) is 23.8 Å². The molecule has 0 aliphatic carbocycles. The van der Waals surface area contributed by atoms with Gasteiger partial charge in [-0.15, -0.1) is 0 Å². The lowest BCUT2D eigenvalue weighted by Gasteiger charge is -2.16. The summed E-state index contributed by atoms with van der Waals surface area (Å²) in [5, 5.41) is 2.80. The summed E-state index contributed by atoms with van der Waals surface area (Å²) < 4.78 is 0.405. The number of fused-ring (bicyclic) bond motifs is 1. The molecule has 2 aliphatic heterocycles. The van der Waals surface area contributed by atoms with E-state index in [-0.39, 0.29) is 29.8 Å². The van der Waals surface area contributed by atoms with Crippen molar-refractivity contribution in [2.24, 2.45) is 0 Å². The van der Waals surface area contributed by atoms with Gasteiger partial charge in [-0.25, -0.2) is 0 Å². The number of anilines is 2. The zero-order valence-corrected chi connectivity index (χ0v) is 19.6. The number of rotatable bonds is 5. The molecule has 3 amide bonds. The molecule has 0 saturated carbocycles. The van der Waals surface area contributed by atoms with Crippen LogP contribution in [0.2, 0.25) is 0 Å². The lowest BCUT2D eigenvalue weighted by Crippen LogP contribution is -2.35. The Morgan fingerprint density at radius 2 is 1.47 bits per heavy atom. The molecule has 0 atom stereocenters. The first-order valence-corrected chi connectivity index (χ1v) is 11.8. The second-order valence-corrected chi connectivity index (χ2v) is 9.42. The maximum Gasteiger partial charge on any atom is 0.267 e. The van der Waals surface area contributed by atoms with Gasteiger partial charge in [-0.1, -0.05) is 90.7 Å². The van der Waals surface area contributed by atoms with Crippen LogP contribution in [0.15, 0.2) is 89.8 Å². The van der Waals surface area contributed by atoms with Crippen LogP contribution in [0.4, 0.5) is 11.4 Å². The predicted octanol–water partition coefficient (Wildman–Crippen LogP) is 4.44. The highest BCUT2D eigenvalue weighted by Gasteiger charge is 2.42. The minimum absolute atomic E-state index is 0.168. The first-order valence-electron chi connectivity index (χ1n) is 10.6. The first-order chi connectivity index (χ1) is 16.5. The van der Waals surface area contributed by atoms with Crippen molar-refractivity contribution in [2.75, 3.05) is 16.8 Å². The third-order valence-corrected chi connectivity index (χ3v) is 6.99. The van der Waals surface area contributed by atoms with E-state index in [1.165, 1.54) is 9.80 Å². The fourth-order valence-electron chi connectivity index (χ4n) is 3.97. The van der Waals surface area contributed by atoms with Crippen LogP contribution in [0.5, 0.6) is 0 Å². The summed E-state index contributed by atoms with van der Waals surface area (Å²) in [6, 6.07) is 25.8. The molecule has 1 saturated heterocycles. The molecule has 0 spiro atoms. The SMILES string of the molecule is O=C(CN1C(=O)C(=C2SC(=S)N(Cc3ccccc3)C2=O)c2ccccc21)Nc1ccccc1. The fraction of sp³-hybridized carbons (Fsp3) is 0.0769. The molecule has 34 heavy (non-hydrogen) atoms. The molecule has 2 heterocycles. The van der Waals surface area contributed by atoms with Gasteiger partial charge in [0.05, 0.1) is 22.7 Å². The second kappa shape index (κ2) is 9.24. The number of nitrogens with one attached hydrogen (secondary N) is 1. The molecule has 168 valence electrons. The normalized spacial score (nSPS) is 17.4. The summed E-state index contributed by atoms with van der Waals surface area (Å²) in [7, 11) is 0. The highest BCUT2D eigenvalue weighted by molar-refractivity contribution is 8.26. The number of amides is 3. The molecule has 3 aromatic rings. The van der Waals surface area contributed by atoms with E-state index in [0.717, 1.165) is 17.3 Å². The minimum Gasteiger partial charge on any atom is -0.325 e. The van der Waals surface area contributed by atoms with Gasteiger partial charge in [-0.3, -0.25) is 24.2 Å². The van der Waals surface area contributed by atoms with Crippen LogP contribution in [-0.2, 0) is 20.9 Å². The number of thiocarbonyl (C=S) groups is 1. The molecular formula is C26H19N3O3S2. The predicted molar refractivity (Wildman–Crippen MR) is 138 cm³/mol. The Morgan fingerprint density at radius 3 is 2.21 bits per heavy atom. The van der Waals surface area contributed by atoms with E-state index in [2.05, 4.69) is 5.32 Å². The Labute approximate surface area is 206 Å². The Balaban J connectivity index is 1.44. The molecule has 2 aliphatic rings. The molecule has 5 rings (SSSR count). The highest BCUT2D eigenvalue weighted by atomic mass is 32.2. The van der Waals surface area contributed by atoms with Gasteiger partial charge < -0.3 is 5.32 Å². The van der Waals surface area contributed by atoms with Crippen molar-refractivity contribution in [3.8, 4) is 0 Å². The quantitative estimate of drug-likeness (QED) is 0.427. The largest absolute Gasteiger partial charge is 0.325 e. The second-order valence-electron chi connectivity index (χ2n) is 7.77. The molecule has 8 heteroatoms. The minimum atomic E-state index is -0.385. The summed E-state index contributed by atoms with van der Waals surface area (Å²) in [6.07, 6.45) is 0. The summed E-state index contributed by atoms with van der Waals surface area (Å²) in [5.41, 5.74) is 3.10. The number of nitrogens with zero attached hydrogens (tertiary/aromatic N) is 2. The molecule has 1 fully saturated rings.